The van der Waals surface area contributed by atoms with Gasteiger partial charge in [0.05, 0.1) is 26.6 Å². The van der Waals surface area contributed by atoms with Crippen LogP contribution in [0.3, 0.4) is 0 Å². The number of rotatable bonds is 5. The van der Waals surface area contributed by atoms with Crippen LogP contribution in [0.5, 0.6) is 0 Å². The lowest BCUT2D eigenvalue weighted by Gasteiger charge is -2.10. The molecule has 138 valence electrons. The standard InChI is InChI=1S/C16H15ClN2O4S3/c1-3-25(20,21)16-18-13-6-5-12(9-14(13)24-16)19-26(22,23)15-7-4-11(17)8-10(15)2/h4-9,19H,3H2,1-2H3. The number of aromatic nitrogens is 1. The Bertz CT molecular complexity index is 1200. The third kappa shape index (κ3) is 3.71. The molecule has 3 aromatic rings. The van der Waals surface area contributed by atoms with Crippen molar-refractivity contribution < 1.29 is 16.8 Å². The van der Waals surface area contributed by atoms with Crippen molar-refractivity contribution in [2.45, 2.75) is 23.1 Å². The van der Waals surface area contributed by atoms with Crippen molar-refractivity contribution >= 4 is 58.7 Å². The molecule has 1 aromatic heterocycles. The van der Waals surface area contributed by atoms with Gasteiger partial charge in [-0.1, -0.05) is 18.5 Å². The molecule has 0 atom stereocenters. The molecule has 0 aliphatic carbocycles. The number of hydrogen-bond donors (Lipinski definition) is 1. The zero-order valence-corrected chi connectivity index (χ0v) is 17.1. The summed E-state index contributed by atoms with van der Waals surface area (Å²) in [5, 5.41) is 0.456. The van der Waals surface area contributed by atoms with Crippen LogP contribution in [0.1, 0.15) is 12.5 Å². The molecule has 0 amide bonds. The smallest absolute Gasteiger partial charge is 0.262 e. The molecule has 3 rings (SSSR count). The zero-order valence-electron chi connectivity index (χ0n) is 13.9. The van der Waals surface area contributed by atoms with Crippen molar-refractivity contribution in [1.29, 1.82) is 0 Å². The summed E-state index contributed by atoms with van der Waals surface area (Å²) in [5.41, 5.74) is 1.36. The van der Waals surface area contributed by atoms with E-state index in [-0.39, 0.29) is 15.0 Å². The molecular weight excluding hydrogens is 416 g/mol. The first-order valence-corrected chi connectivity index (χ1v) is 11.9. The van der Waals surface area contributed by atoms with Gasteiger partial charge < -0.3 is 0 Å². The highest BCUT2D eigenvalue weighted by molar-refractivity contribution is 7.93. The van der Waals surface area contributed by atoms with Crippen LogP contribution in [0, 0.1) is 6.92 Å². The first-order valence-electron chi connectivity index (χ1n) is 7.55. The second-order valence-corrected chi connectivity index (χ2v) is 11.2. The van der Waals surface area contributed by atoms with Crippen LogP contribution in [-0.4, -0.2) is 27.6 Å². The molecule has 0 bridgehead atoms. The lowest BCUT2D eigenvalue weighted by atomic mass is 10.2. The molecular formula is C16H15ClN2O4S3. The van der Waals surface area contributed by atoms with E-state index in [0.717, 1.165) is 11.3 Å². The minimum Gasteiger partial charge on any atom is -0.280 e. The molecule has 6 nitrogen and oxygen atoms in total. The lowest BCUT2D eigenvalue weighted by molar-refractivity contribution is 0.596. The van der Waals surface area contributed by atoms with Crippen molar-refractivity contribution in [2.24, 2.45) is 0 Å². The zero-order chi connectivity index (χ0) is 19.1. The maximum atomic E-state index is 12.6. The fourth-order valence-electron chi connectivity index (χ4n) is 2.35. The summed E-state index contributed by atoms with van der Waals surface area (Å²) in [5.74, 6) is -0.0395. The number of hydrogen-bond acceptors (Lipinski definition) is 6. The van der Waals surface area contributed by atoms with E-state index in [1.807, 2.05) is 0 Å². The molecule has 0 saturated heterocycles. The van der Waals surface area contributed by atoms with E-state index >= 15 is 0 Å². The van der Waals surface area contributed by atoms with Gasteiger partial charge in [0.15, 0.2) is 0 Å². The normalized spacial score (nSPS) is 12.4. The van der Waals surface area contributed by atoms with Crippen LogP contribution in [0.25, 0.3) is 10.2 Å². The quantitative estimate of drug-likeness (QED) is 0.663. The van der Waals surface area contributed by atoms with Gasteiger partial charge in [0.1, 0.15) is 0 Å². The summed E-state index contributed by atoms with van der Waals surface area (Å²) in [7, 11) is -7.20. The molecule has 0 unspecified atom stereocenters. The van der Waals surface area contributed by atoms with Crippen molar-refractivity contribution in [3.8, 4) is 0 Å². The number of nitrogens with one attached hydrogen (secondary N) is 1. The van der Waals surface area contributed by atoms with E-state index in [0.29, 0.717) is 26.5 Å². The van der Waals surface area contributed by atoms with E-state index in [1.165, 1.54) is 12.1 Å². The largest absolute Gasteiger partial charge is 0.280 e. The topological polar surface area (TPSA) is 93.2 Å². The summed E-state index contributed by atoms with van der Waals surface area (Å²) in [6.45, 7) is 3.21. The second kappa shape index (κ2) is 6.80. The highest BCUT2D eigenvalue weighted by Crippen LogP contribution is 2.30. The molecule has 2 aromatic carbocycles. The minimum absolute atomic E-state index is 0.0311. The Morgan fingerprint density at radius 2 is 1.85 bits per heavy atom. The van der Waals surface area contributed by atoms with Crippen molar-refractivity contribution in [2.75, 3.05) is 10.5 Å². The first kappa shape index (κ1) is 19.1. The summed E-state index contributed by atoms with van der Waals surface area (Å²) in [4.78, 5) is 4.24. The molecule has 0 radical (unpaired) electrons. The molecule has 10 heteroatoms. The van der Waals surface area contributed by atoms with Gasteiger partial charge in [-0.2, -0.15) is 0 Å². The van der Waals surface area contributed by atoms with Crippen molar-refractivity contribution in [3.05, 3.63) is 47.0 Å². The Balaban J connectivity index is 1.98. The number of nitrogens with zero attached hydrogens (tertiary/aromatic N) is 1. The van der Waals surface area contributed by atoms with Crippen molar-refractivity contribution in [1.82, 2.24) is 4.98 Å². The summed E-state index contributed by atoms with van der Waals surface area (Å²) in [6.07, 6.45) is 0. The molecule has 0 aliphatic rings. The Hall–Kier alpha value is -1.68. The van der Waals surface area contributed by atoms with Crippen LogP contribution in [0.2, 0.25) is 5.02 Å². The van der Waals surface area contributed by atoms with Gasteiger partial charge in [-0.05, 0) is 48.9 Å². The molecule has 0 spiro atoms. The maximum Gasteiger partial charge on any atom is 0.262 e. The predicted molar refractivity (Wildman–Crippen MR) is 104 cm³/mol. The highest BCUT2D eigenvalue weighted by atomic mass is 35.5. The minimum atomic E-state index is -3.80. The van der Waals surface area contributed by atoms with Gasteiger partial charge in [-0.25, -0.2) is 21.8 Å². The third-order valence-electron chi connectivity index (χ3n) is 3.69. The summed E-state index contributed by atoms with van der Waals surface area (Å²) in [6, 6.07) is 9.24. The molecule has 1 heterocycles. The maximum absolute atomic E-state index is 12.6. The predicted octanol–water partition coefficient (Wildman–Crippen LogP) is 3.85. The van der Waals surface area contributed by atoms with Crippen molar-refractivity contribution in [3.63, 3.8) is 0 Å². The number of thiazole rings is 1. The van der Waals surface area contributed by atoms with Crippen LogP contribution in [0.4, 0.5) is 5.69 Å². The number of anilines is 1. The van der Waals surface area contributed by atoms with E-state index in [9.17, 15) is 16.8 Å². The van der Waals surface area contributed by atoms with E-state index in [4.69, 9.17) is 11.6 Å². The van der Waals surface area contributed by atoms with Gasteiger partial charge in [0.2, 0.25) is 14.2 Å². The lowest BCUT2D eigenvalue weighted by Crippen LogP contribution is -2.14. The summed E-state index contributed by atoms with van der Waals surface area (Å²) < 4.78 is 52.3. The van der Waals surface area contributed by atoms with Crippen LogP contribution in [-0.2, 0) is 19.9 Å². The number of sulfonamides is 1. The van der Waals surface area contributed by atoms with Gasteiger partial charge in [-0.3, -0.25) is 4.72 Å². The monoisotopic (exact) mass is 430 g/mol. The molecule has 0 fully saturated rings. The number of sulfone groups is 1. The van der Waals surface area contributed by atoms with E-state index < -0.39 is 19.9 Å². The fraction of sp³-hybridized carbons (Fsp3) is 0.188. The van der Waals surface area contributed by atoms with Crippen LogP contribution in [0.15, 0.2) is 45.6 Å². The molecule has 26 heavy (non-hydrogen) atoms. The third-order valence-corrected chi connectivity index (χ3v) is 8.68. The number of halogens is 1. The SMILES string of the molecule is CCS(=O)(=O)c1nc2ccc(NS(=O)(=O)c3ccc(Cl)cc3C)cc2s1. The Labute approximate surface area is 160 Å². The van der Waals surface area contributed by atoms with Gasteiger partial charge in [0, 0.05) is 5.02 Å². The Morgan fingerprint density at radius 3 is 2.50 bits per heavy atom. The number of benzene rings is 2. The average molecular weight is 431 g/mol. The van der Waals surface area contributed by atoms with Gasteiger partial charge in [-0.15, -0.1) is 11.3 Å². The second-order valence-electron chi connectivity index (χ2n) is 5.58. The van der Waals surface area contributed by atoms with E-state index in [2.05, 4.69) is 9.71 Å². The van der Waals surface area contributed by atoms with Crippen LogP contribution < -0.4 is 4.72 Å². The van der Waals surface area contributed by atoms with Crippen LogP contribution >= 0.6 is 22.9 Å². The molecule has 1 N–H and O–H groups in total. The number of aryl methyl sites for hydroxylation is 1. The fourth-order valence-corrected chi connectivity index (χ4v) is 6.20. The summed E-state index contributed by atoms with van der Waals surface area (Å²) >= 11 is 6.89. The van der Waals surface area contributed by atoms with Gasteiger partial charge >= 0.3 is 0 Å². The average Bonchev–Trinajstić information content (AvgIpc) is 2.98. The first-order chi connectivity index (χ1) is 12.1. The Kier molecular flexibility index (Phi) is 5.00. The van der Waals surface area contributed by atoms with E-state index in [1.54, 1.807) is 38.1 Å². The Morgan fingerprint density at radius 1 is 1.12 bits per heavy atom. The highest BCUT2D eigenvalue weighted by Gasteiger charge is 2.20. The molecule has 0 aliphatic heterocycles. The number of fused-ring (bicyclic) bond motifs is 1. The molecule has 0 saturated carbocycles. The van der Waals surface area contributed by atoms with Gasteiger partial charge in [0.25, 0.3) is 10.0 Å².